The number of carbonyl (C=O) groups is 3. The molecule has 6 heteroatoms. The van der Waals surface area contributed by atoms with Crippen LogP contribution in [-0.2, 0) is 9.59 Å². The van der Waals surface area contributed by atoms with Gasteiger partial charge in [0, 0.05) is 17.8 Å². The standard InChI is InChI=1S/C24H29N3O3/c1-17(2)13-25(24(30)20-7-5-6-19(4)12-20)14-22(28)26-15-23(29)27(16-26)21-10-8-18(3)9-11-21/h5-12,17H,13-16H2,1-4H3. The van der Waals surface area contributed by atoms with Gasteiger partial charge in [-0.25, -0.2) is 0 Å². The summed E-state index contributed by atoms with van der Waals surface area (Å²) in [6, 6.07) is 15.0. The van der Waals surface area contributed by atoms with Crippen molar-refractivity contribution in [3.05, 3.63) is 65.2 Å². The van der Waals surface area contributed by atoms with Crippen LogP contribution >= 0.6 is 0 Å². The quantitative estimate of drug-likeness (QED) is 0.739. The average Bonchev–Trinajstić information content (AvgIpc) is 3.09. The predicted molar refractivity (Wildman–Crippen MR) is 117 cm³/mol. The lowest BCUT2D eigenvalue weighted by molar-refractivity contribution is -0.132. The van der Waals surface area contributed by atoms with E-state index in [-0.39, 0.29) is 43.4 Å². The largest absolute Gasteiger partial charge is 0.329 e. The van der Waals surface area contributed by atoms with Crippen molar-refractivity contribution in [2.45, 2.75) is 27.7 Å². The Hall–Kier alpha value is -3.15. The van der Waals surface area contributed by atoms with E-state index in [2.05, 4.69) is 0 Å². The second kappa shape index (κ2) is 9.11. The number of carbonyl (C=O) groups excluding carboxylic acids is 3. The summed E-state index contributed by atoms with van der Waals surface area (Å²) in [5.74, 6) is -0.287. The second-order valence-electron chi connectivity index (χ2n) is 8.34. The Morgan fingerprint density at radius 2 is 1.73 bits per heavy atom. The fourth-order valence-electron chi connectivity index (χ4n) is 3.55. The van der Waals surface area contributed by atoms with E-state index < -0.39 is 0 Å². The minimum absolute atomic E-state index is 0.0286. The summed E-state index contributed by atoms with van der Waals surface area (Å²) in [5.41, 5.74) is 3.45. The molecule has 1 saturated heterocycles. The van der Waals surface area contributed by atoms with E-state index in [4.69, 9.17) is 0 Å². The molecule has 0 atom stereocenters. The normalized spacial score (nSPS) is 13.8. The molecule has 0 aliphatic carbocycles. The predicted octanol–water partition coefficient (Wildman–Crippen LogP) is 3.23. The van der Waals surface area contributed by atoms with Crippen LogP contribution < -0.4 is 4.90 Å². The highest BCUT2D eigenvalue weighted by Crippen LogP contribution is 2.20. The zero-order chi connectivity index (χ0) is 21.8. The van der Waals surface area contributed by atoms with Crippen molar-refractivity contribution in [3.63, 3.8) is 0 Å². The molecule has 1 heterocycles. The highest BCUT2D eigenvalue weighted by Gasteiger charge is 2.33. The van der Waals surface area contributed by atoms with E-state index in [1.165, 1.54) is 4.90 Å². The Morgan fingerprint density at radius 3 is 2.37 bits per heavy atom. The Bertz CT molecular complexity index is 937. The van der Waals surface area contributed by atoms with Gasteiger partial charge in [0.1, 0.15) is 19.8 Å². The number of hydrogen-bond donors (Lipinski definition) is 0. The van der Waals surface area contributed by atoms with Crippen molar-refractivity contribution in [2.24, 2.45) is 5.92 Å². The molecule has 0 N–H and O–H groups in total. The van der Waals surface area contributed by atoms with E-state index in [9.17, 15) is 14.4 Å². The summed E-state index contributed by atoms with van der Waals surface area (Å²) in [5, 5.41) is 0. The van der Waals surface area contributed by atoms with Crippen LogP contribution in [0.3, 0.4) is 0 Å². The van der Waals surface area contributed by atoms with Gasteiger partial charge in [0.25, 0.3) is 5.91 Å². The Morgan fingerprint density at radius 1 is 1.03 bits per heavy atom. The van der Waals surface area contributed by atoms with Gasteiger partial charge in [-0.2, -0.15) is 0 Å². The van der Waals surface area contributed by atoms with Crippen LogP contribution in [0.1, 0.15) is 35.3 Å². The highest BCUT2D eigenvalue weighted by atomic mass is 16.2. The molecule has 1 fully saturated rings. The second-order valence-corrected chi connectivity index (χ2v) is 8.34. The minimum Gasteiger partial charge on any atom is -0.329 e. The molecular formula is C24H29N3O3. The summed E-state index contributed by atoms with van der Waals surface area (Å²) in [6.07, 6.45) is 0. The van der Waals surface area contributed by atoms with Gasteiger partial charge in [0.2, 0.25) is 11.8 Å². The number of anilines is 1. The lowest BCUT2D eigenvalue weighted by Gasteiger charge is -2.26. The van der Waals surface area contributed by atoms with E-state index in [0.29, 0.717) is 12.1 Å². The first-order valence-corrected chi connectivity index (χ1v) is 10.3. The molecule has 1 aliphatic heterocycles. The van der Waals surface area contributed by atoms with Gasteiger partial charge in [0.15, 0.2) is 0 Å². The number of aryl methyl sites for hydroxylation is 2. The molecular weight excluding hydrogens is 378 g/mol. The molecule has 0 radical (unpaired) electrons. The topological polar surface area (TPSA) is 60.9 Å². The van der Waals surface area contributed by atoms with Crippen LogP contribution in [0.25, 0.3) is 0 Å². The van der Waals surface area contributed by atoms with Crippen molar-refractivity contribution < 1.29 is 14.4 Å². The fourth-order valence-corrected chi connectivity index (χ4v) is 3.55. The molecule has 0 bridgehead atoms. The molecule has 0 saturated carbocycles. The molecule has 0 spiro atoms. The maximum atomic E-state index is 13.0. The summed E-state index contributed by atoms with van der Waals surface area (Å²) in [7, 11) is 0. The van der Waals surface area contributed by atoms with E-state index in [1.54, 1.807) is 15.9 Å². The zero-order valence-corrected chi connectivity index (χ0v) is 18.1. The van der Waals surface area contributed by atoms with E-state index >= 15 is 0 Å². The zero-order valence-electron chi connectivity index (χ0n) is 18.1. The molecule has 3 amide bonds. The molecule has 30 heavy (non-hydrogen) atoms. The maximum Gasteiger partial charge on any atom is 0.254 e. The van der Waals surface area contributed by atoms with Crippen molar-refractivity contribution >= 4 is 23.4 Å². The van der Waals surface area contributed by atoms with Crippen LogP contribution in [0, 0.1) is 19.8 Å². The van der Waals surface area contributed by atoms with Crippen molar-refractivity contribution in [2.75, 3.05) is 31.2 Å². The first-order chi connectivity index (χ1) is 14.2. The number of hydrogen-bond acceptors (Lipinski definition) is 3. The Balaban J connectivity index is 1.72. The molecule has 6 nitrogen and oxygen atoms in total. The van der Waals surface area contributed by atoms with E-state index in [0.717, 1.165) is 16.8 Å². The van der Waals surface area contributed by atoms with Crippen molar-refractivity contribution in [3.8, 4) is 0 Å². The molecule has 0 aromatic heterocycles. The smallest absolute Gasteiger partial charge is 0.254 e. The average molecular weight is 408 g/mol. The van der Waals surface area contributed by atoms with Gasteiger partial charge >= 0.3 is 0 Å². The molecule has 1 aliphatic rings. The molecule has 158 valence electrons. The van der Waals surface area contributed by atoms with Gasteiger partial charge in [-0.3, -0.25) is 19.3 Å². The monoisotopic (exact) mass is 407 g/mol. The summed E-state index contributed by atoms with van der Waals surface area (Å²) < 4.78 is 0. The lowest BCUT2D eigenvalue weighted by Crippen LogP contribution is -2.44. The summed E-state index contributed by atoms with van der Waals surface area (Å²) in [6.45, 7) is 8.61. The molecule has 0 unspecified atom stereocenters. The summed E-state index contributed by atoms with van der Waals surface area (Å²) in [4.78, 5) is 43.2. The highest BCUT2D eigenvalue weighted by molar-refractivity contribution is 6.01. The van der Waals surface area contributed by atoms with Crippen molar-refractivity contribution in [1.29, 1.82) is 0 Å². The van der Waals surface area contributed by atoms with Crippen molar-refractivity contribution in [1.82, 2.24) is 9.80 Å². The van der Waals surface area contributed by atoms with Gasteiger partial charge < -0.3 is 9.80 Å². The first-order valence-electron chi connectivity index (χ1n) is 10.3. The van der Waals surface area contributed by atoms with Gasteiger partial charge in [-0.1, -0.05) is 49.2 Å². The summed E-state index contributed by atoms with van der Waals surface area (Å²) >= 11 is 0. The minimum atomic E-state index is -0.223. The van der Waals surface area contributed by atoms with Gasteiger partial charge in [-0.05, 0) is 44.0 Å². The number of rotatable bonds is 6. The molecule has 3 rings (SSSR count). The van der Waals surface area contributed by atoms with Crippen LogP contribution in [0.4, 0.5) is 5.69 Å². The SMILES string of the molecule is Cc1ccc(N2CN(C(=O)CN(CC(C)C)C(=O)c3cccc(C)c3)CC2=O)cc1. The first kappa shape index (κ1) is 21.6. The molecule has 2 aromatic rings. The lowest BCUT2D eigenvalue weighted by atomic mass is 10.1. The van der Waals surface area contributed by atoms with Crippen LogP contribution in [-0.4, -0.2) is 53.8 Å². The third kappa shape index (κ3) is 5.06. The third-order valence-corrected chi connectivity index (χ3v) is 5.10. The number of benzene rings is 2. The Kier molecular flexibility index (Phi) is 6.55. The number of nitrogens with zero attached hydrogens (tertiary/aromatic N) is 3. The third-order valence-electron chi connectivity index (χ3n) is 5.10. The Labute approximate surface area is 178 Å². The number of amides is 3. The van der Waals surface area contributed by atoms with Gasteiger partial charge in [-0.15, -0.1) is 0 Å². The van der Waals surface area contributed by atoms with E-state index in [1.807, 2.05) is 70.2 Å². The van der Waals surface area contributed by atoms with Crippen LogP contribution in [0.2, 0.25) is 0 Å². The van der Waals surface area contributed by atoms with Crippen LogP contribution in [0.15, 0.2) is 48.5 Å². The molecule has 2 aromatic carbocycles. The maximum absolute atomic E-state index is 13.0. The fraction of sp³-hybridized carbons (Fsp3) is 0.375. The van der Waals surface area contributed by atoms with Gasteiger partial charge in [0.05, 0.1) is 0 Å². The van der Waals surface area contributed by atoms with Crippen LogP contribution in [0.5, 0.6) is 0 Å².